The lowest BCUT2D eigenvalue weighted by Crippen LogP contribution is -2.48. The Morgan fingerprint density at radius 1 is 1.64 bits per heavy atom. The molecule has 0 aromatic rings. The molecule has 3 heteroatoms. The molecule has 11 heavy (non-hydrogen) atoms. The van der Waals surface area contributed by atoms with Crippen molar-refractivity contribution in [3.8, 4) is 0 Å². The number of nitrogens with one attached hydrogen (secondary N) is 1. The van der Waals surface area contributed by atoms with Gasteiger partial charge in [-0.3, -0.25) is 4.79 Å². The Morgan fingerprint density at radius 3 is 2.64 bits per heavy atom. The van der Waals surface area contributed by atoms with Gasteiger partial charge in [-0.2, -0.15) is 0 Å². The Balaban J connectivity index is 2.18. The summed E-state index contributed by atoms with van der Waals surface area (Å²) in [4.78, 5) is 12.9. The molecule has 0 aromatic carbocycles. The summed E-state index contributed by atoms with van der Waals surface area (Å²) >= 11 is 0. The van der Waals surface area contributed by atoms with Crippen LogP contribution >= 0.6 is 0 Å². The van der Waals surface area contributed by atoms with Crippen LogP contribution in [0.1, 0.15) is 13.3 Å². The monoisotopic (exact) mass is 156 g/mol. The van der Waals surface area contributed by atoms with Gasteiger partial charge in [-0.25, -0.2) is 0 Å². The molecular formula is C8H16N2O. The van der Waals surface area contributed by atoms with Crippen LogP contribution in [0.4, 0.5) is 0 Å². The first kappa shape index (κ1) is 8.53. The molecule has 3 nitrogen and oxygen atoms in total. The quantitative estimate of drug-likeness (QED) is 0.627. The molecule has 0 atom stereocenters. The molecule has 0 aliphatic carbocycles. The van der Waals surface area contributed by atoms with E-state index in [1.165, 1.54) is 0 Å². The molecule has 1 heterocycles. The van der Waals surface area contributed by atoms with Gasteiger partial charge in [0.15, 0.2) is 0 Å². The average molecular weight is 156 g/mol. The van der Waals surface area contributed by atoms with Crippen LogP contribution in [0.15, 0.2) is 0 Å². The number of hydrogen-bond donors (Lipinski definition) is 1. The van der Waals surface area contributed by atoms with Crippen molar-refractivity contribution in [2.24, 2.45) is 5.92 Å². The molecule has 0 radical (unpaired) electrons. The van der Waals surface area contributed by atoms with Crippen LogP contribution in [0.25, 0.3) is 0 Å². The van der Waals surface area contributed by atoms with Crippen molar-refractivity contribution in [3.63, 3.8) is 0 Å². The van der Waals surface area contributed by atoms with E-state index in [9.17, 15) is 4.79 Å². The topological polar surface area (TPSA) is 32.3 Å². The Kier molecular flexibility index (Phi) is 2.88. The zero-order chi connectivity index (χ0) is 8.27. The number of nitrogens with zero attached hydrogens (tertiary/aromatic N) is 1. The second-order valence-corrected chi connectivity index (χ2v) is 3.15. The largest absolute Gasteiger partial charge is 0.345 e. The van der Waals surface area contributed by atoms with Crippen LogP contribution in [0, 0.1) is 5.92 Å². The zero-order valence-corrected chi connectivity index (χ0v) is 7.26. The van der Waals surface area contributed by atoms with Crippen LogP contribution in [0.5, 0.6) is 0 Å². The van der Waals surface area contributed by atoms with Gasteiger partial charge in [0.25, 0.3) is 0 Å². The minimum absolute atomic E-state index is 0.247. The molecular weight excluding hydrogens is 140 g/mol. The van der Waals surface area contributed by atoms with Crippen molar-refractivity contribution in [2.45, 2.75) is 13.3 Å². The molecule has 0 spiro atoms. The molecule has 1 aliphatic rings. The first-order valence-electron chi connectivity index (χ1n) is 4.18. The number of amides is 1. The smallest absolute Gasteiger partial charge is 0.222 e. The maximum atomic E-state index is 11.1. The van der Waals surface area contributed by atoms with Crippen LogP contribution in [0.3, 0.4) is 0 Å². The Morgan fingerprint density at radius 2 is 2.27 bits per heavy atom. The van der Waals surface area contributed by atoms with E-state index in [0.717, 1.165) is 19.6 Å². The SMILES string of the molecule is CCC(=O)N(C)CC1CNC1. The number of carbonyl (C=O) groups excluding carboxylic acids is 1. The number of carbonyl (C=O) groups is 1. The molecule has 0 aromatic heterocycles. The van der Waals surface area contributed by atoms with Crippen molar-refractivity contribution < 1.29 is 4.79 Å². The van der Waals surface area contributed by atoms with Crippen molar-refractivity contribution in [1.82, 2.24) is 10.2 Å². The fourth-order valence-electron chi connectivity index (χ4n) is 1.24. The molecule has 1 aliphatic heterocycles. The third kappa shape index (κ3) is 2.19. The van der Waals surface area contributed by atoms with Crippen LogP contribution < -0.4 is 5.32 Å². The molecule has 1 saturated heterocycles. The molecule has 0 saturated carbocycles. The average Bonchev–Trinajstić information content (AvgIpc) is 1.94. The fraction of sp³-hybridized carbons (Fsp3) is 0.875. The lowest BCUT2D eigenvalue weighted by atomic mass is 10.0. The highest BCUT2D eigenvalue weighted by Gasteiger charge is 2.19. The number of rotatable bonds is 3. The standard InChI is InChI=1S/C8H16N2O/c1-3-8(11)10(2)6-7-4-9-5-7/h7,9H,3-6H2,1-2H3. The predicted octanol–water partition coefficient (Wildman–Crippen LogP) is 0.0742. The third-order valence-electron chi connectivity index (χ3n) is 2.13. The summed E-state index contributed by atoms with van der Waals surface area (Å²) in [5, 5.41) is 3.19. The minimum Gasteiger partial charge on any atom is -0.345 e. The van der Waals surface area contributed by atoms with E-state index in [-0.39, 0.29) is 5.91 Å². The van der Waals surface area contributed by atoms with Gasteiger partial charge < -0.3 is 10.2 Å². The highest BCUT2D eigenvalue weighted by molar-refractivity contribution is 5.75. The van der Waals surface area contributed by atoms with Crippen molar-refractivity contribution in [2.75, 3.05) is 26.7 Å². The van der Waals surface area contributed by atoms with Crippen LogP contribution in [0.2, 0.25) is 0 Å². The van der Waals surface area contributed by atoms with Gasteiger partial charge in [0.2, 0.25) is 5.91 Å². The fourth-order valence-corrected chi connectivity index (χ4v) is 1.24. The normalized spacial score (nSPS) is 17.6. The molecule has 0 unspecified atom stereocenters. The summed E-state index contributed by atoms with van der Waals surface area (Å²) in [5.41, 5.74) is 0. The molecule has 64 valence electrons. The van der Waals surface area contributed by atoms with Gasteiger partial charge >= 0.3 is 0 Å². The summed E-state index contributed by atoms with van der Waals surface area (Å²) in [6.07, 6.45) is 0.622. The second kappa shape index (κ2) is 3.72. The van der Waals surface area contributed by atoms with E-state index in [2.05, 4.69) is 5.32 Å². The van der Waals surface area contributed by atoms with Crippen molar-refractivity contribution >= 4 is 5.91 Å². The van der Waals surface area contributed by atoms with E-state index in [1.54, 1.807) is 0 Å². The molecule has 1 rings (SSSR count). The Labute approximate surface area is 67.8 Å². The molecule has 1 amide bonds. The van der Waals surface area contributed by atoms with Gasteiger partial charge in [0.05, 0.1) is 0 Å². The first-order chi connectivity index (χ1) is 5.24. The molecule has 1 N–H and O–H groups in total. The second-order valence-electron chi connectivity index (χ2n) is 3.15. The van der Waals surface area contributed by atoms with Gasteiger partial charge in [0.1, 0.15) is 0 Å². The predicted molar refractivity (Wildman–Crippen MR) is 44.3 cm³/mol. The Bertz CT molecular complexity index is 143. The highest BCUT2D eigenvalue weighted by atomic mass is 16.2. The van der Waals surface area contributed by atoms with Crippen LogP contribution in [-0.2, 0) is 4.79 Å². The van der Waals surface area contributed by atoms with E-state index in [4.69, 9.17) is 0 Å². The third-order valence-corrected chi connectivity index (χ3v) is 2.13. The maximum absolute atomic E-state index is 11.1. The van der Waals surface area contributed by atoms with Gasteiger partial charge in [-0.05, 0) is 0 Å². The first-order valence-corrected chi connectivity index (χ1v) is 4.18. The van der Waals surface area contributed by atoms with Crippen LogP contribution in [-0.4, -0.2) is 37.5 Å². The minimum atomic E-state index is 0.247. The van der Waals surface area contributed by atoms with E-state index in [0.29, 0.717) is 12.3 Å². The summed E-state index contributed by atoms with van der Waals surface area (Å²) in [6, 6.07) is 0. The number of hydrogen-bond acceptors (Lipinski definition) is 2. The maximum Gasteiger partial charge on any atom is 0.222 e. The zero-order valence-electron chi connectivity index (χ0n) is 7.26. The van der Waals surface area contributed by atoms with E-state index in [1.807, 2.05) is 18.9 Å². The molecule has 0 bridgehead atoms. The van der Waals surface area contributed by atoms with Crippen molar-refractivity contribution in [3.05, 3.63) is 0 Å². The Hall–Kier alpha value is -0.570. The molecule has 1 fully saturated rings. The lowest BCUT2D eigenvalue weighted by molar-refractivity contribution is -0.130. The summed E-state index contributed by atoms with van der Waals surface area (Å²) in [7, 11) is 1.88. The highest BCUT2D eigenvalue weighted by Crippen LogP contribution is 2.04. The van der Waals surface area contributed by atoms with Crippen molar-refractivity contribution in [1.29, 1.82) is 0 Å². The van der Waals surface area contributed by atoms with Gasteiger partial charge in [-0.15, -0.1) is 0 Å². The van der Waals surface area contributed by atoms with E-state index >= 15 is 0 Å². The summed E-state index contributed by atoms with van der Waals surface area (Å²) < 4.78 is 0. The van der Waals surface area contributed by atoms with Gasteiger partial charge in [0, 0.05) is 39.0 Å². The van der Waals surface area contributed by atoms with E-state index < -0.39 is 0 Å². The summed E-state index contributed by atoms with van der Waals surface area (Å²) in [6.45, 7) is 4.96. The lowest BCUT2D eigenvalue weighted by Gasteiger charge is -2.31. The van der Waals surface area contributed by atoms with Gasteiger partial charge in [-0.1, -0.05) is 6.92 Å². The summed E-state index contributed by atoms with van der Waals surface area (Å²) in [5.74, 6) is 0.937.